The smallest absolute Gasteiger partial charge is 0.325 e. The summed E-state index contributed by atoms with van der Waals surface area (Å²) >= 11 is 1.08. The van der Waals surface area contributed by atoms with Crippen molar-refractivity contribution in [3.63, 3.8) is 0 Å². The molecule has 2 amide bonds. The van der Waals surface area contributed by atoms with Crippen molar-refractivity contribution in [3.8, 4) is 0 Å². The molecule has 2 saturated heterocycles. The summed E-state index contributed by atoms with van der Waals surface area (Å²) in [6, 6.07) is -0.771. The van der Waals surface area contributed by atoms with Gasteiger partial charge >= 0.3 is 5.97 Å². The van der Waals surface area contributed by atoms with Crippen LogP contribution in [-0.2, 0) is 20.9 Å². The van der Waals surface area contributed by atoms with E-state index >= 15 is 0 Å². The lowest BCUT2D eigenvalue weighted by atomic mass is 10.0. The number of thioether (sulfide) groups is 1. The Bertz CT molecular complexity index is 676. The van der Waals surface area contributed by atoms with Crippen LogP contribution in [0.2, 0.25) is 0 Å². The zero-order valence-electron chi connectivity index (χ0n) is 11.5. The summed E-state index contributed by atoms with van der Waals surface area (Å²) in [4.78, 5) is 36.7. The van der Waals surface area contributed by atoms with E-state index in [0.29, 0.717) is 0 Å². The minimum Gasteiger partial charge on any atom is -0.480 e. The third kappa shape index (κ3) is 1.96. The number of amides is 2. The highest BCUT2D eigenvalue weighted by molar-refractivity contribution is 8.02. The molecule has 116 valence electrons. The fourth-order valence-electron chi connectivity index (χ4n) is 2.34. The summed E-state index contributed by atoms with van der Waals surface area (Å²) in [5.41, 5.74) is 0.228. The minimum atomic E-state index is -1.27. The van der Waals surface area contributed by atoms with Crippen LogP contribution in [0.5, 0.6) is 0 Å². The Morgan fingerprint density at radius 2 is 2.32 bits per heavy atom. The van der Waals surface area contributed by atoms with E-state index in [4.69, 9.17) is 0 Å². The molecule has 2 aliphatic rings. The number of aromatic nitrogens is 4. The van der Waals surface area contributed by atoms with Gasteiger partial charge in [0.25, 0.3) is 5.91 Å². The fraction of sp³-hybridized carbons (Fsp3) is 0.455. The second-order valence-electron chi connectivity index (χ2n) is 5.05. The molecule has 2 fully saturated rings. The lowest BCUT2D eigenvalue weighted by Gasteiger charge is -2.41. The summed E-state index contributed by atoms with van der Waals surface area (Å²) in [7, 11) is 0. The second kappa shape index (κ2) is 4.80. The van der Waals surface area contributed by atoms with Crippen LogP contribution in [0.15, 0.2) is 18.6 Å². The summed E-state index contributed by atoms with van der Waals surface area (Å²) in [5.74, 6) is -1.86. The molecule has 0 bridgehead atoms. The van der Waals surface area contributed by atoms with Gasteiger partial charge in [0.1, 0.15) is 24.3 Å². The topological polar surface area (TPSA) is 130 Å². The molecule has 1 aromatic heterocycles. The third-order valence-electron chi connectivity index (χ3n) is 3.66. The van der Waals surface area contributed by atoms with E-state index < -0.39 is 28.0 Å². The summed E-state index contributed by atoms with van der Waals surface area (Å²) in [5, 5.41) is 21.8. The summed E-state index contributed by atoms with van der Waals surface area (Å²) in [6.07, 6.45) is 1.28. The number of hydrogen-bond acceptors (Lipinski definition) is 7. The zero-order chi connectivity index (χ0) is 16.1. The van der Waals surface area contributed by atoms with Crippen molar-refractivity contribution < 1.29 is 19.5 Å². The second-order valence-corrected chi connectivity index (χ2v) is 6.59. The fourth-order valence-corrected chi connectivity index (χ4v) is 3.81. The largest absolute Gasteiger partial charge is 0.480 e. The van der Waals surface area contributed by atoms with Crippen LogP contribution in [0.4, 0.5) is 0 Å². The van der Waals surface area contributed by atoms with Gasteiger partial charge in [0.2, 0.25) is 5.91 Å². The lowest BCUT2D eigenvalue weighted by molar-refractivity contribution is -0.146. The number of carbonyl (C=O) groups excluding carboxylic acids is 2. The van der Waals surface area contributed by atoms with Gasteiger partial charge in [-0.3, -0.25) is 19.3 Å². The number of tetrazole rings is 1. The third-order valence-corrected chi connectivity index (χ3v) is 5.27. The number of carboxylic acid groups (broad SMARTS) is 1. The Morgan fingerprint density at radius 1 is 1.59 bits per heavy atom. The van der Waals surface area contributed by atoms with E-state index in [-0.39, 0.29) is 18.1 Å². The van der Waals surface area contributed by atoms with Crippen molar-refractivity contribution in [2.75, 3.05) is 0 Å². The first-order chi connectivity index (χ1) is 10.3. The van der Waals surface area contributed by atoms with Gasteiger partial charge in [-0.15, -0.1) is 16.9 Å². The van der Waals surface area contributed by atoms with Gasteiger partial charge in [0.15, 0.2) is 4.75 Å². The number of rotatable bonds is 4. The van der Waals surface area contributed by atoms with Crippen molar-refractivity contribution in [3.05, 3.63) is 18.6 Å². The van der Waals surface area contributed by atoms with E-state index in [1.807, 2.05) is 0 Å². The van der Waals surface area contributed by atoms with Gasteiger partial charge in [-0.1, -0.05) is 6.58 Å². The van der Waals surface area contributed by atoms with Crippen LogP contribution in [0, 0.1) is 0 Å². The van der Waals surface area contributed by atoms with E-state index in [9.17, 15) is 19.5 Å². The molecule has 11 heteroatoms. The molecular formula is C11H12N6O4S. The maximum absolute atomic E-state index is 12.1. The number of carboxylic acids is 1. The molecule has 2 N–H and O–H groups in total. The Balaban J connectivity index is 1.68. The van der Waals surface area contributed by atoms with Crippen LogP contribution in [0.25, 0.3) is 0 Å². The first kappa shape index (κ1) is 14.5. The van der Waals surface area contributed by atoms with Crippen LogP contribution in [0.1, 0.15) is 6.92 Å². The van der Waals surface area contributed by atoms with Gasteiger partial charge in [-0.05, 0) is 17.4 Å². The van der Waals surface area contributed by atoms with Crippen molar-refractivity contribution in [1.82, 2.24) is 30.4 Å². The number of fused-ring (bicyclic) bond motifs is 1. The number of aliphatic carboxylic acids is 1. The predicted molar refractivity (Wildman–Crippen MR) is 73.2 cm³/mol. The Labute approximate surface area is 128 Å². The molecule has 3 atom stereocenters. The number of nitrogens with one attached hydrogen (secondary N) is 1. The standard InChI is InChI=1S/C11H12N6O4S/c1-5-11(2,10(20)21)22-9-7(8(19)17(5)9)13-6(18)3-16-4-12-14-15-16/h4,7,9H,1,3H2,2H3,(H,13,18)(H,20,21)/t7?,9-,11?/m1/s1. The van der Waals surface area contributed by atoms with Crippen LogP contribution >= 0.6 is 11.8 Å². The summed E-state index contributed by atoms with van der Waals surface area (Å²) < 4.78 is -0.0477. The molecular weight excluding hydrogens is 312 g/mol. The van der Waals surface area contributed by atoms with Crippen LogP contribution < -0.4 is 5.32 Å². The maximum atomic E-state index is 12.1. The molecule has 0 aliphatic carbocycles. The molecule has 10 nitrogen and oxygen atoms in total. The number of β-lactam (4-membered cyclic amide) rings is 1. The van der Waals surface area contributed by atoms with E-state index in [1.165, 1.54) is 22.8 Å². The first-order valence-corrected chi connectivity index (χ1v) is 7.16. The van der Waals surface area contributed by atoms with E-state index in [1.54, 1.807) is 0 Å². The molecule has 0 aromatic carbocycles. The van der Waals surface area contributed by atoms with E-state index in [0.717, 1.165) is 11.8 Å². The SMILES string of the molecule is C=C1N2C(=O)C(NC(=O)Cn3cnnn3)[C@H]2SC1(C)C(=O)O. The lowest BCUT2D eigenvalue weighted by Crippen LogP contribution is -2.67. The van der Waals surface area contributed by atoms with Crippen molar-refractivity contribution in [1.29, 1.82) is 0 Å². The molecule has 0 spiro atoms. The quantitative estimate of drug-likeness (QED) is 0.635. The van der Waals surface area contributed by atoms with Crippen LogP contribution in [0.3, 0.4) is 0 Å². The maximum Gasteiger partial charge on any atom is 0.325 e. The van der Waals surface area contributed by atoms with Gasteiger partial charge in [-0.25, -0.2) is 4.68 Å². The average molecular weight is 324 g/mol. The zero-order valence-corrected chi connectivity index (χ0v) is 12.3. The highest BCUT2D eigenvalue weighted by atomic mass is 32.2. The highest BCUT2D eigenvalue weighted by Gasteiger charge is 2.62. The molecule has 22 heavy (non-hydrogen) atoms. The number of hydrogen-bond donors (Lipinski definition) is 2. The molecule has 3 rings (SSSR count). The van der Waals surface area contributed by atoms with Gasteiger partial charge in [-0.2, -0.15) is 0 Å². The molecule has 2 unspecified atom stereocenters. The molecule has 0 radical (unpaired) electrons. The number of nitrogens with zero attached hydrogens (tertiary/aromatic N) is 5. The Kier molecular flexibility index (Phi) is 3.16. The predicted octanol–water partition coefficient (Wildman–Crippen LogP) is -1.57. The monoisotopic (exact) mass is 324 g/mol. The van der Waals surface area contributed by atoms with Gasteiger partial charge in [0.05, 0.1) is 0 Å². The molecule has 3 heterocycles. The van der Waals surface area contributed by atoms with Gasteiger partial charge < -0.3 is 10.4 Å². The Morgan fingerprint density at radius 3 is 2.91 bits per heavy atom. The molecule has 2 aliphatic heterocycles. The normalized spacial score (nSPS) is 30.0. The van der Waals surface area contributed by atoms with Crippen LogP contribution in [-0.4, -0.2) is 64.2 Å². The molecule has 0 saturated carbocycles. The highest BCUT2D eigenvalue weighted by Crippen LogP contribution is 2.52. The molecule has 1 aromatic rings. The van der Waals surface area contributed by atoms with Gasteiger partial charge in [0, 0.05) is 5.70 Å². The summed E-state index contributed by atoms with van der Waals surface area (Å²) in [6.45, 7) is 5.07. The minimum absolute atomic E-state index is 0.120. The van der Waals surface area contributed by atoms with Crippen molar-refractivity contribution in [2.45, 2.75) is 29.6 Å². The first-order valence-electron chi connectivity index (χ1n) is 6.28. The van der Waals surface area contributed by atoms with Crippen molar-refractivity contribution >= 4 is 29.5 Å². The van der Waals surface area contributed by atoms with E-state index in [2.05, 4.69) is 27.4 Å². The number of carbonyl (C=O) groups is 3. The van der Waals surface area contributed by atoms with Crippen molar-refractivity contribution in [2.24, 2.45) is 0 Å². The Hall–Kier alpha value is -2.43. The average Bonchev–Trinajstić information content (AvgIpc) is 3.03.